The van der Waals surface area contributed by atoms with Gasteiger partial charge in [0, 0.05) is 6.61 Å². The van der Waals surface area contributed by atoms with Crippen LogP contribution in [0.25, 0.3) is 0 Å². The lowest BCUT2D eigenvalue weighted by Gasteiger charge is -2.29. The minimum Gasteiger partial charge on any atom is -0.481 e. The van der Waals surface area contributed by atoms with Gasteiger partial charge in [-0.25, -0.2) is 0 Å². The van der Waals surface area contributed by atoms with Crippen LogP contribution in [0.3, 0.4) is 0 Å². The van der Waals surface area contributed by atoms with Gasteiger partial charge in [0.25, 0.3) is 0 Å². The Balaban J connectivity index is 2.21. The molecular formula is C13H20N2O4. The minimum absolute atomic E-state index is 0.144. The summed E-state index contributed by atoms with van der Waals surface area (Å²) in [5, 5.41) is 12.7. The summed E-state index contributed by atoms with van der Waals surface area (Å²) in [5.74, 6) is -0.320. The maximum atomic E-state index is 10.7. The van der Waals surface area contributed by atoms with Crippen LogP contribution in [-0.4, -0.2) is 27.8 Å². The first-order chi connectivity index (χ1) is 9.16. The van der Waals surface area contributed by atoms with E-state index in [-0.39, 0.29) is 12.3 Å². The fourth-order valence-electron chi connectivity index (χ4n) is 2.65. The summed E-state index contributed by atoms with van der Waals surface area (Å²) >= 11 is 0. The smallest absolute Gasteiger partial charge is 0.312 e. The SMILES string of the molecule is CCOC1(c2noc(CC(=O)O)n2)CCCCCC1. The molecule has 6 nitrogen and oxygen atoms in total. The molecule has 0 spiro atoms. The first-order valence-electron chi connectivity index (χ1n) is 6.85. The van der Waals surface area contributed by atoms with Gasteiger partial charge in [-0.2, -0.15) is 4.98 Å². The Hall–Kier alpha value is -1.43. The topological polar surface area (TPSA) is 85.5 Å². The van der Waals surface area contributed by atoms with Crippen molar-refractivity contribution in [3.8, 4) is 0 Å². The van der Waals surface area contributed by atoms with Crippen LogP contribution >= 0.6 is 0 Å². The third-order valence-corrected chi connectivity index (χ3v) is 3.51. The molecule has 0 saturated heterocycles. The molecule has 1 saturated carbocycles. The van der Waals surface area contributed by atoms with Gasteiger partial charge in [-0.1, -0.05) is 30.8 Å². The quantitative estimate of drug-likeness (QED) is 0.824. The zero-order valence-electron chi connectivity index (χ0n) is 11.2. The van der Waals surface area contributed by atoms with E-state index >= 15 is 0 Å². The molecule has 1 aromatic rings. The fourth-order valence-corrected chi connectivity index (χ4v) is 2.65. The number of hydrogen-bond acceptors (Lipinski definition) is 5. The van der Waals surface area contributed by atoms with E-state index in [1.807, 2.05) is 6.92 Å². The van der Waals surface area contributed by atoms with Gasteiger partial charge < -0.3 is 14.4 Å². The lowest BCUT2D eigenvalue weighted by Crippen LogP contribution is -2.30. The van der Waals surface area contributed by atoms with Crippen molar-refractivity contribution < 1.29 is 19.2 Å². The van der Waals surface area contributed by atoms with Crippen molar-refractivity contribution >= 4 is 5.97 Å². The van der Waals surface area contributed by atoms with E-state index in [4.69, 9.17) is 14.4 Å². The molecule has 1 fully saturated rings. The summed E-state index contributed by atoms with van der Waals surface area (Å²) < 4.78 is 10.9. The van der Waals surface area contributed by atoms with Crippen LogP contribution < -0.4 is 0 Å². The molecule has 106 valence electrons. The van der Waals surface area contributed by atoms with Gasteiger partial charge in [0.2, 0.25) is 11.7 Å². The largest absolute Gasteiger partial charge is 0.481 e. The number of rotatable bonds is 5. The van der Waals surface area contributed by atoms with Crippen LogP contribution in [0.1, 0.15) is 57.2 Å². The molecular weight excluding hydrogens is 248 g/mol. The zero-order valence-corrected chi connectivity index (χ0v) is 11.2. The molecule has 0 radical (unpaired) electrons. The van der Waals surface area contributed by atoms with Crippen LogP contribution in [0, 0.1) is 0 Å². The third-order valence-electron chi connectivity index (χ3n) is 3.51. The van der Waals surface area contributed by atoms with E-state index < -0.39 is 11.6 Å². The van der Waals surface area contributed by atoms with Gasteiger partial charge in [-0.3, -0.25) is 4.79 Å². The summed E-state index contributed by atoms with van der Waals surface area (Å²) in [7, 11) is 0. The Morgan fingerprint density at radius 1 is 1.37 bits per heavy atom. The molecule has 2 rings (SSSR count). The second kappa shape index (κ2) is 6.14. The number of carboxylic acids is 1. The third kappa shape index (κ3) is 3.32. The number of aliphatic carboxylic acids is 1. The number of aromatic nitrogens is 2. The Labute approximate surface area is 112 Å². The van der Waals surface area contributed by atoms with Crippen molar-refractivity contribution in [1.82, 2.24) is 10.1 Å². The Bertz CT molecular complexity index is 422. The summed E-state index contributed by atoms with van der Waals surface area (Å²) in [6.45, 7) is 2.54. The summed E-state index contributed by atoms with van der Waals surface area (Å²) in [6, 6.07) is 0. The predicted octanol–water partition coefficient (Wildman–Crippen LogP) is 2.28. The lowest BCUT2D eigenvalue weighted by molar-refractivity contribution is -0.136. The molecule has 0 amide bonds. The van der Waals surface area contributed by atoms with Gasteiger partial charge in [-0.15, -0.1) is 0 Å². The van der Waals surface area contributed by atoms with E-state index in [2.05, 4.69) is 10.1 Å². The monoisotopic (exact) mass is 268 g/mol. The summed E-state index contributed by atoms with van der Waals surface area (Å²) in [5.41, 5.74) is -0.495. The van der Waals surface area contributed by atoms with Gasteiger partial charge in [0.15, 0.2) is 0 Å². The minimum atomic E-state index is -0.971. The molecule has 0 atom stereocenters. The fraction of sp³-hybridized carbons (Fsp3) is 0.769. The average molecular weight is 268 g/mol. The van der Waals surface area contributed by atoms with Gasteiger partial charge >= 0.3 is 5.97 Å². The van der Waals surface area contributed by atoms with E-state index in [0.717, 1.165) is 25.7 Å². The van der Waals surface area contributed by atoms with Crippen molar-refractivity contribution in [2.24, 2.45) is 0 Å². The van der Waals surface area contributed by atoms with Crippen molar-refractivity contribution in [2.75, 3.05) is 6.61 Å². The van der Waals surface area contributed by atoms with Gasteiger partial charge in [0.1, 0.15) is 12.0 Å². The van der Waals surface area contributed by atoms with Crippen molar-refractivity contribution in [3.05, 3.63) is 11.7 Å². The van der Waals surface area contributed by atoms with Crippen molar-refractivity contribution in [2.45, 2.75) is 57.5 Å². The van der Waals surface area contributed by atoms with Gasteiger partial charge in [0.05, 0.1) is 0 Å². The first kappa shape index (κ1) is 14.0. The molecule has 0 unspecified atom stereocenters. The number of carboxylic acid groups (broad SMARTS) is 1. The van der Waals surface area contributed by atoms with Crippen LogP contribution in [0.4, 0.5) is 0 Å². The number of ether oxygens (including phenoxy) is 1. The number of carbonyl (C=O) groups is 1. The second-order valence-corrected chi connectivity index (χ2v) is 4.92. The molecule has 0 aromatic carbocycles. The highest BCUT2D eigenvalue weighted by Gasteiger charge is 2.38. The van der Waals surface area contributed by atoms with Crippen molar-refractivity contribution in [3.63, 3.8) is 0 Å². The highest BCUT2D eigenvalue weighted by Crippen LogP contribution is 2.37. The Kier molecular flexibility index (Phi) is 4.52. The molecule has 1 heterocycles. The normalized spacial score (nSPS) is 19.0. The van der Waals surface area contributed by atoms with Crippen LogP contribution in [0.5, 0.6) is 0 Å². The molecule has 1 N–H and O–H groups in total. The second-order valence-electron chi connectivity index (χ2n) is 4.92. The highest BCUT2D eigenvalue weighted by atomic mass is 16.5. The molecule has 0 bridgehead atoms. The van der Waals surface area contributed by atoms with E-state index in [1.165, 1.54) is 12.8 Å². The highest BCUT2D eigenvalue weighted by molar-refractivity contribution is 5.68. The standard InChI is InChI=1S/C13H20N2O4/c1-2-18-13(7-5-3-4-6-8-13)12-14-10(19-15-12)9-11(16)17/h2-9H2,1H3,(H,16,17). The zero-order chi connectivity index (χ0) is 13.7. The Morgan fingerprint density at radius 3 is 2.63 bits per heavy atom. The van der Waals surface area contributed by atoms with Gasteiger partial charge in [-0.05, 0) is 19.8 Å². The lowest BCUT2D eigenvalue weighted by atomic mass is 9.93. The Morgan fingerprint density at radius 2 is 2.05 bits per heavy atom. The van der Waals surface area contributed by atoms with Crippen LogP contribution in [0.15, 0.2) is 4.52 Å². The van der Waals surface area contributed by atoms with Crippen LogP contribution in [-0.2, 0) is 21.6 Å². The van der Waals surface area contributed by atoms with E-state index in [9.17, 15) is 4.79 Å². The van der Waals surface area contributed by atoms with E-state index in [1.54, 1.807) is 0 Å². The average Bonchev–Trinajstić information content (AvgIpc) is 2.69. The molecule has 19 heavy (non-hydrogen) atoms. The van der Waals surface area contributed by atoms with E-state index in [0.29, 0.717) is 12.4 Å². The molecule has 1 aromatic heterocycles. The van der Waals surface area contributed by atoms with Crippen molar-refractivity contribution in [1.29, 1.82) is 0 Å². The summed E-state index contributed by atoms with van der Waals surface area (Å²) in [6.07, 6.45) is 6.02. The first-order valence-corrected chi connectivity index (χ1v) is 6.85. The number of nitrogens with zero attached hydrogens (tertiary/aromatic N) is 2. The summed E-state index contributed by atoms with van der Waals surface area (Å²) in [4.78, 5) is 14.9. The molecule has 1 aliphatic rings. The maximum absolute atomic E-state index is 10.7. The molecule has 1 aliphatic carbocycles. The molecule has 6 heteroatoms. The molecule has 0 aliphatic heterocycles. The van der Waals surface area contributed by atoms with Crippen LogP contribution in [0.2, 0.25) is 0 Å². The maximum Gasteiger partial charge on any atom is 0.312 e. The number of hydrogen-bond donors (Lipinski definition) is 1. The predicted molar refractivity (Wildman–Crippen MR) is 66.6 cm³/mol.